The van der Waals surface area contributed by atoms with Gasteiger partial charge in [-0.1, -0.05) is 45.2 Å². The van der Waals surface area contributed by atoms with E-state index in [0.717, 1.165) is 16.8 Å². The monoisotopic (exact) mass is 301 g/mol. The summed E-state index contributed by atoms with van der Waals surface area (Å²) in [4.78, 5) is 1.42. The number of halogens is 1. The second-order valence-corrected chi connectivity index (χ2v) is 7.06. The average Bonchev–Trinajstić information content (AvgIpc) is 2.70. The molecule has 0 saturated heterocycles. The molecule has 0 aliphatic carbocycles. The maximum absolute atomic E-state index is 6.26. The fourth-order valence-electron chi connectivity index (χ4n) is 2.66. The molecule has 0 bridgehead atoms. The highest BCUT2D eigenvalue weighted by Gasteiger charge is 2.23. The normalized spacial score (nSPS) is 13.2. The van der Waals surface area contributed by atoms with Gasteiger partial charge in [-0.25, -0.2) is 0 Å². The van der Waals surface area contributed by atoms with Crippen LogP contribution >= 0.6 is 22.9 Å². The molecule has 1 aromatic rings. The lowest BCUT2D eigenvalue weighted by Gasteiger charge is -2.27. The van der Waals surface area contributed by atoms with Gasteiger partial charge in [0.1, 0.15) is 0 Å². The fraction of sp³-hybridized carbons (Fsp3) is 0.750. The van der Waals surface area contributed by atoms with E-state index in [1.807, 2.05) is 0 Å². The predicted molar refractivity (Wildman–Crippen MR) is 88.4 cm³/mol. The highest BCUT2D eigenvalue weighted by atomic mass is 35.5. The Kier molecular flexibility index (Phi) is 8.05. The molecule has 0 spiro atoms. The van der Waals surface area contributed by atoms with Crippen LogP contribution in [0.4, 0.5) is 0 Å². The first-order chi connectivity index (χ1) is 9.13. The van der Waals surface area contributed by atoms with E-state index in [2.05, 4.69) is 39.1 Å². The molecule has 0 saturated carbocycles. The Hall–Kier alpha value is -0.0500. The molecule has 0 aliphatic rings. The van der Waals surface area contributed by atoms with Gasteiger partial charge in [0.05, 0.1) is 4.34 Å². The molecule has 1 nitrogen and oxygen atoms in total. The maximum Gasteiger partial charge on any atom is 0.0960 e. The van der Waals surface area contributed by atoms with Crippen molar-refractivity contribution in [1.82, 2.24) is 5.32 Å². The maximum atomic E-state index is 6.26. The van der Waals surface area contributed by atoms with Crippen LogP contribution in [0, 0.1) is 12.8 Å². The van der Waals surface area contributed by atoms with E-state index in [1.54, 1.807) is 11.3 Å². The Morgan fingerprint density at radius 1 is 1.16 bits per heavy atom. The van der Waals surface area contributed by atoms with Crippen LogP contribution in [0.2, 0.25) is 4.34 Å². The lowest BCUT2D eigenvalue weighted by molar-refractivity contribution is 0.320. The molecule has 110 valence electrons. The molecule has 0 aliphatic heterocycles. The Balaban J connectivity index is 2.90. The van der Waals surface area contributed by atoms with Crippen molar-refractivity contribution in [3.8, 4) is 0 Å². The third kappa shape index (κ3) is 5.09. The number of hydrogen-bond donors (Lipinski definition) is 1. The molecule has 0 aromatic carbocycles. The van der Waals surface area contributed by atoms with Crippen LogP contribution < -0.4 is 5.32 Å². The second-order valence-electron chi connectivity index (χ2n) is 5.37. The van der Waals surface area contributed by atoms with Crippen molar-refractivity contribution in [2.24, 2.45) is 5.92 Å². The Morgan fingerprint density at radius 2 is 1.79 bits per heavy atom. The number of thiophene rings is 1. The SMILES string of the molecule is CCCNC(c1cc(C)c(Cl)s1)C(CCC)CCC. The van der Waals surface area contributed by atoms with Gasteiger partial charge in [-0.15, -0.1) is 11.3 Å². The van der Waals surface area contributed by atoms with E-state index in [1.165, 1.54) is 42.5 Å². The standard InChI is InChI=1S/C16H28ClNS/c1-5-8-13(9-6-2)15(18-10-7-3)14-11-12(4)16(17)19-14/h11,13,15,18H,5-10H2,1-4H3. The van der Waals surface area contributed by atoms with Gasteiger partial charge >= 0.3 is 0 Å². The van der Waals surface area contributed by atoms with Crippen molar-refractivity contribution in [2.75, 3.05) is 6.54 Å². The predicted octanol–water partition coefficient (Wildman–Crippen LogP) is 5.97. The Bertz CT molecular complexity index is 336. The highest BCUT2D eigenvalue weighted by molar-refractivity contribution is 7.16. The van der Waals surface area contributed by atoms with E-state index < -0.39 is 0 Å². The number of nitrogens with one attached hydrogen (secondary N) is 1. The summed E-state index contributed by atoms with van der Waals surface area (Å²) in [5.74, 6) is 0.732. The van der Waals surface area contributed by atoms with Gasteiger partial charge in [-0.3, -0.25) is 0 Å². The van der Waals surface area contributed by atoms with Crippen LogP contribution in [0.3, 0.4) is 0 Å². The molecular formula is C16H28ClNS. The zero-order valence-corrected chi connectivity index (χ0v) is 14.3. The van der Waals surface area contributed by atoms with Gasteiger partial charge in [-0.2, -0.15) is 0 Å². The molecule has 1 atom stereocenters. The largest absolute Gasteiger partial charge is 0.309 e. The second kappa shape index (κ2) is 8.99. The van der Waals surface area contributed by atoms with Gasteiger partial charge in [0.2, 0.25) is 0 Å². The number of hydrogen-bond acceptors (Lipinski definition) is 2. The molecule has 1 N–H and O–H groups in total. The first-order valence-electron chi connectivity index (χ1n) is 7.63. The van der Waals surface area contributed by atoms with Crippen molar-refractivity contribution in [3.05, 3.63) is 20.8 Å². The van der Waals surface area contributed by atoms with Crippen LogP contribution in [0.1, 0.15) is 69.4 Å². The molecule has 1 aromatic heterocycles. The first-order valence-corrected chi connectivity index (χ1v) is 8.82. The third-order valence-corrected chi connectivity index (χ3v) is 5.23. The third-order valence-electron chi connectivity index (χ3n) is 3.59. The molecule has 0 radical (unpaired) electrons. The summed E-state index contributed by atoms with van der Waals surface area (Å²) in [5, 5.41) is 3.75. The summed E-state index contributed by atoms with van der Waals surface area (Å²) in [6.45, 7) is 9.99. The Labute approximate surface area is 127 Å². The van der Waals surface area contributed by atoms with Gasteiger partial charge in [-0.05, 0) is 50.3 Å². The van der Waals surface area contributed by atoms with Crippen molar-refractivity contribution in [2.45, 2.75) is 65.8 Å². The minimum Gasteiger partial charge on any atom is -0.309 e. The van der Waals surface area contributed by atoms with Crippen LogP contribution in [0.5, 0.6) is 0 Å². The number of rotatable bonds is 9. The molecule has 1 heterocycles. The first kappa shape index (κ1) is 17.0. The molecule has 0 amide bonds. The molecule has 19 heavy (non-hydrogen) atoms. The van der Waals surface area contributed by atoms with E-state index in [-0.39, 0.29) is 0 Å². The highest BCUT2D eigenvalue weighted by Crippen LogP contribution is 2.37. The lowest BCUT2D eigenvalue weighted by Crippen LogP contribution is -2.28. The van der Waals surface area contributed by atoms with Crippen molar-refractivity contribution in [3.63, 3.8) is 0 Å². The van der Waals surface area contributed by atoms with Gasteiger partial charge < -0.3 is 5.32 Å². The summed E-state index contributed by atoms with van der Waals surface area (Å²) >= 11 is 8.01. The fourth-order valence-corrected chi connectivity index (χ4v) is 4.04. The van der Waals surface area contributed by atoms with E-state index in [9.17, 15) is 0 Å². The zero-order chi connectivity index (χ0) is 14.3. The summed E-state index contributed by atoms with van der Waals surface area (Å²) in [5.41, 5.74) is 1.22. The molecular weight excluding hydrogens is 274 g/mol. The Morgan fingerprint density at radius 3 is 2.21 bits per heavy atom. The van der Waals surface area contributed by atoms with Crippen LogP contribution in [-0.4, -0.2) is 6.54 Å². The van der Waals surface area contributed by atoms with Crippen LogP contribution in [-0.2, 0) is 0 Å². The lowest BCUT2D eigenvalue weighted by atomic mass is 9.89. The molecule has 1 unspecified atom stereocenters. The zero-order valence-electron chi connectivity index (χ0n) is 12.8. The van der Waals surface area contributed by atoms with Crippen molar-refractivity contribution in [1.29, 1.82) is 0 Å². The quantitative estimate of drug-likeness (QED) is 0.593. The summed E-state index contributed by atoms with van der Waals surface area (Å²) in [6.07, 6.45) is 6.28. The minimum absolute atomic E-state index is 0.482. The van der Waals surface area contributed by atoms with Gasteiger partial charge in [0.25, 0.3) is 0 Å². The topological polar surface area (TPSA) is 12.0 Å². The van der Waals surface area contributed by atoms with Crippen LogP contribution in [0.25, 0.3) is 0 Å². The van der Waals surface area contributed by atoms with Gasteiger partial charge in [0.15, 0.2) is 0 Å². The van der Waals surface area contributed by atoms with Crippen LogP contribution in [0.15, 0.2) is 6.07 Å². The average molecular weight is 302 g/mol. The minimum atomic E-state index is 0.482. The molecule has 1 rings (SSSR count). The van der Waals surface area contributed by atoms with Gasteiger partial charge in [0, 0.05) is 10.9 Å². The van der Waals surface area contributed by atoms with E-state index >= 15 is 0 Å². The summed E-state index contributed by atoms with van der Waals surface area (Å²) in [7, 11) is 0. The summed E-state index contributed by atoms with van der Waals surface area (Å²) < 4.78 is 0.949. The smallest absolute Gasteiger partial charge is 0.0960 e. The van der Waals surface area contributed by atoms with E-state index in [4.69, 9.17) is 11.6 Å². The number of aryl methyl sites for hydroxylation is 1. The molecule has 3 heteroatoms. The van der Waals surface area contributed by atoms with Crippen molar-refractivity contribution < 1.29 is 0 Å². The molecule has 0 fully saturated rings. The van der Waals surface area contributed by atoms with E-state index in [0.29, 0.717) is 6.04 Å². The van der Waals surface area contributed by atoms with Crippen molar-refractivity contribution >= 4 is 22.9 Å². The summed E-state index contributed by atoms with van der Waals surface area (Å²) in [6, 6.07) is 2.76.